The van der Waals surface area contributed by atoms with Gasteiger partial charge in [-0.1, -0.05) is 6.92 Å². The average Bonchev–Trinajstić information content (AvgIpc) is 3.22. The number of hydrogen-bond acceptors (Lipinski definition) is 7. The molecule has 0 amide bonds. The zero-order valence-electron chi connectivity index (χ0n) is 18.9. The highest BCUT2D eigenvalue weighted by Gasteiger charge is 2.40. The van der Waals surface area contributed by atoms with Gasteiger partial charge in [-0.2, -0.15) is 15.3 Å². The molecule has 0 radical (unpaired) electrons. The Morgan fingerprint density at radius 2 is 1.77 bits per heavy atom. The molecule has 164 valence electrons. The molecule has 3 aromatic rings. The molecule has 0 aromatic carbocycles. The van der Waals surface area contributed by atoms with E-state index in [0.29, 0.717) is 28.9 Å². The van der Waals surface area contributed by atoms with Gasteiger partial charge in [-0.25, -0.2) is 4.98 Å². The summed E-state index contributed by atoms with van der Waals surface area (Å²) in [5.41, 5.74) is 2.70. The van der Waals surface area contributed by atoms with E-state index in [1.807, 2.05) is 12.1 Å². The van der Waals surface area contributed by atoms with Crippen molar-refractivity contribution in [1.82, 2.24) is 35.5 Å². The number of nitrogens with zero attached hydrogens (tertiary/aromatic N) is 6. The van der Waals surface area contributed by atoms with Crippen molar-refractivity contribution in [2.75, 3.05) is 0 Å². The largest absolute Gasteiger partial charge is 0.506 e. The predicted molar refractivity (Wildman–Crippen MR) is 119 cm³/mol. The van der Waals surface area contributed by atoms with Gasteiger partial charge in [0, 0.05) is 23.1 Å². The first-order valence-corrected chi connectivity index (χ1v) is 10.9. The van der Waals surface area contributed by atoms with Crippen LogP contribution in [0.25, 0.3) is 17.1 Å². The van der Waals surface area contributed by atoms with E-state index in [9.17, 15) is 5.11 Å². The van der Waals surface area contributed by atoms with Crippen LogP contribution >= 0.6 is 0 Å². The fourth-order valence-corrected chi connectivity index (χ4v) is 5.23. The topological polar surface area (TPSA) is 102 Å². The number of pyridine rings is 1. The maximum absolute atomic E-state index is 10.5. The number of nitrogens with one attached hydrogen (secondary N) is 1. The lowest BCUT2D eigenvalue weighted by Crippen LogP contribution is -2.58. The highest BCUT2D eigenvalue weighted by molar-refractivity contribution is 5.63. The number of rotatable bonds is 5. The van der Waals surface area contributed by atoms with Crippen LogP contribution in [0.4, 0.5) is 0 Å². The molecular weight excluding hydrogens is 390 g/mol. The molecule has 2 N–H and O–H groups in total. The Bertz CT molecular complexity index is 1010. The summed E-state index contributed by atoms with van der Waals surface area (Å²) in [5.74, 6) is 0.895. The van der Waals surface area contributed by atoms with Crippen molar-refractivity contribution in [3.05, 3.63) is 42.5 Å². The highest BCUT2D eigenvalue weighted by atomic mass is 16.3. The summed E-state index contributed by atoms with van der Waals surface area (Å²) in [6, 6.07) is 5.50. The van der Waals surface area contributed by atoms with Crippen molar-refractivity contribution in [2.45, 2.75) is 70.9 Å². The second-order valence-electron chi connectivity index (χ2n) is 9.80. The van der Waals surface area contributed by atoms with Gasteiger partial charge in [0.05, 0.1) is 24.3 Å². The van der Waals surface area contributed by atoms with E-state index in [2.05, 4.69) is 65.3 Å². The maximum atomic E-state index is 10.5. The van der Waals surface area contributed by atoms with Gasteiger partial charge < -0.3 is 10.4 Å². The van der Waals surface area contributed by atoms with Crippen molar-refractivity contribution < 1.29 is 5.11 Å². The molecular formula is C23H31N7O. The summed E-state index contributed by atoms with van der Waals surface area (Å²) in [7, 11) is 0. The Kier molecular flexibility index (Phi) is 5.51. The van der Waals surface area contributed by atoms with Gasteiger partial charge >= 0.3 is 0 Å². The quantitative estimate of drug-likeness (QED) is 0.645. The van der Waals surface area contributed by atoms with Gasteiger partial charge in [-0.05, 0) is 65.0 Å². The molecule has 1 atom stereocenters. The molecule has 1 aliphatic rings. The monoisotopic (exact) mass is 421 g/mol. The van der Waals surface area contributed by atoms with Crippen LogP contribution in [0.15, 0.2) is 36.8 Å². The zero-order chi connectivity index (χ0) is 22.2. The standard InChI is InChI=1S/C23H31N7O/c1-6-17(15-12-22(2,3)29-23(4,5)13-15)18-7-8-19(28-27-18)21-20(31)11-16(14-24-21)30-25-9-10-26-30/h7-11,14-15,17,29,31H,6,12-13H2,1-5H3. The first-order valence-electron chi connectivity index (χ1n) is 10.9. The Labute approximate surface area is 183 Å². The first-order chi connectivity index (χ1) is 14.7. The molecule has 8 nitrogen and oxygen atoms in total. The summed E-state index contributed by atoms with van der Waals surface area (Å²) in [4.78, 5) is 5.77. The van der Waals surface area contributed by atoms with E-state index in [-0.39, 0.29) is 16.8 Å². The molecule has 1 saturated heterocycles. The van der Waals surface area contributed by atoms with Gasteiger partial charge in [-0.3, -0.25) is 0 Å². The van der Waals surface area contributed by atoms with Crippen LogP contribution in [0, 0.1) is 5.92 Å². The third kappa shape index (κ3) is 4.58. The third-order valence-electron chi connectivity index (χ3n) is 6.04. The minimum absolute atomic E-state index is 0.0192. The van der Waals surface area contributed by atoms with Crippen LogP contribution in [0.1, 0.15) is 65.5 Å². The average molecular weight is 422 g/mol. The van der Waals surface area contributed by atoms with E-state index in [4.69, 9.17) is 0 Å². The Morgan fingerprint density at radius 3 is 2.32 bits per heavy atom. The van der Waals surface area contributed by atoms with Gasteiger partial charge in [-0.15, -0.1) is 9.90 Å². The van der Waals surface area contributed by atoms with Crippen molar-refractivity contribution in [1.29, 1.82) is 0 Å². The Morgan fingerprint density at radius 1 is 1.10 bits per heavy atom. The van der Waals surface area contributed by atoms with Gasteiger partial charge in [0.15, 0.2) is 0 Å². The maximum Gasteiger partial charge on any atom is 0.145 e. The molecule has 4 heterocycles. The van der Waals surface area contributed by atoms with Crippen LogP contribution in [-0.2, 0) is 0 Å². The molecule has 1 fully saturated rings. The van der Waals surface area contributed by atoms with Gasteiger partial charge in [0.25, 0.3) is 0 Å². The Hall–Kier alpha value is -2.87. The zero-order valence-corrected chi connectivity index (χ0v) is 18.9. The first kappa shape index (κ1) is 21.4. The van der Waals surface area contributed by atoms with Crippen LogP contribution in [0.3, 0.4) is 0 Å². The minimum atomic E-state index is 0.0192. The summed E-state index contributed by atoms with van der Waals surface area (Å²) in [6.45, 7) is 11.3. The lowest BCUT2D eigenvalue weighted by atomic mass is 9.69. The van der Waals surface area contributed by atoms with E-state index in [1.54, 1.807) is 24.7 Å². The summed E-state index contributed by atoms with van der Waals surface area (Å²) in [5, 5.41) is 31.3. The molecule has 0 bridgehead atoms. The molecule has 4 rings (SSSR count). The Balaban J connectivity index is 1.57. The number of piperidine rings is 1. The molecule has 0 saturated carbocycles. The van der Waals surface area contributed by atoms with Gasteiger partial charge in [0.1, 0.15) is 22.8 Å². The molecule has 1 unspecified atom stereocenters. The van der Waals surface area contributed by atoms with E-state index in [0.717, 1.165) is 25.0 Å². The third-order valence-corrected chi connectivity index (χ3v) is 6.04. The van der Waals surface area contributed by atoms with E-state index in [1.165, 1.54) is 4.80 Å². The normalized spacial score (nSPS) is 19.3. The van der Waals surface area contributed by atoms with E-state index >= 15 is 0 Å². The molecule has 0 aliphatic carbocycles. The SMILES string of the molecule is CCC(c1ccc(-c2ncc(-n3nccn3)cc2O)nn1)C1CC(C)(C)NC(C)(C)C1. The number of aromatic nitrogens is 6. The number of aromatic hydroxyl groups is 1. The molecule has 8 heteroatoms. The molecule has 3 aromatic heterocycles. The van der Waals surface area contributed by atoms with Crippen LogP contribution in [0.2, 0.25) is 0 Å². The van der Waals surface area contributed by atoms with Crippen LogP contribution in [-0.4, -0.2) is 46.4 Å². The minimum Gasteiger partial charge on any atom is -0.506 e. The summed E-state index contributed by atoms with van der Waals surface area (Å²) in [6.07, 6.45) is 7.97. The summed E-state index contributed by atoms with van der Waals surface area (Å²) < 4.78 is 0. The molecule has 1 aliphatic heterocycles. The summed E-state index contributed by atoms with van der Waals surface area (Å²) >= 11 is 0. The predicted octanol–water partition coefficient (Wildman–Crippen LogP) is 3.88. The second-order valence-corrected chi connectivity index (χ2v) is 9.80. The fourth-order valence-electron chi connectivity index (χ4n) is 5.23. The lowest BCUT2D eigenvalue weighted by Gasteiger charge is -2.48. The lowest BCUT2D eigenvalue weighted by molar-refractivity contribution is 0.110. The van der Waals surface area contributed by atoms with Crippen molar-refractivity contribution >= 4 is 0 Å². The van der Waals surface area contributed by atoms with E-state index < -0.39 is 0 Å². The fraction of sp³-hybridized carbons (Fsp3) is 0.522. The molecule has 0 spiro atoms. The second kappa shape index (κ2) is 8.00. The van der Waals surface area contributed by atoms with Crippen LogP contribution in [0.5, 0.6) is 5.75 Å². The number of hydrogen-bond donors (Lipinski definition) is 2. The van der Waals surface area contributed by atoms with Crippen LogP contribution < -0.4 is 5.32 Å². The van der Waals surface area contributed by atoms with Crippen molar-refractivity contribution in [3.63, 3.8) is 0 Å². The van der Waals surface area contributed by atoms with Gasteiger partial charge in [0.2, 0.25) is 0 Å². The highest BCUT2D eigenvalue weighted by Crippen LogP contribution is 2.42. The molecule has 31 heavy (non-hydrogen) atoms. The van der Waals surface area contributed by atoms with Crippen molar-refractivity contribution in [2.24, 2.45) is 5.92 Å². The van der Waals surface area contributed by atoms with Crippen molar-refractivity contribution in [3.8, 4) is 22.8 Å². The smallest absolute Gasteiger partial charge is 0.145 e.